The Labute approximate surface area is 254 Å². The second-order valence-corrected chi connectivity index (χ2v) is 12.1. The van der Waals surface area contributed by atoms with Crippen LogP contribution >= 0.6 is 0 Å². The first kappa shape index (κ1) is 28.3. The second-order valence-electron chi connectivity index (χ2n) is 12.1. The highest BCUT2D eigenvalue weighted by Gasteiger charge is 2.34. The molecule has 3 aromatic carbocycles. The number of aromatic nitrogens is 1. The highest BCUT2D eigenvalue weighted by Crippen LogP contribution is 2.48. The molecule has 0 aliphatic carbocycles. The van der Waals surface area contributed by atoms with Crippen LogP contribution in [0.25, 0.3) is 27.4 Å². The van der Waals surface area contributed by atoms with Crippen LogP contribution in [-0.4, -0.2) is 67.7 Å². The predicted molar refractivity (Wildman–Crippen MR) is 167 cm³/mol. The number of nitrogens with one attached hydrogen (secondary N) is 1. The number of halogens is 1. The lowest BCUT2D eigenvalue weighted by atomic mass is 10.0. The topological polar surface area (TPSA) is 93.1 Å². The quantitative estimate of drug-likeness (QED) is 0.264. The van der Waals surface area contributed by atoms with Crippen molar-refractivity contribution < 1.29 is 23.5 Å². The van der Waals surface area contributed by atoms with Gasteiger partial charge in [0, 0.05) is 31.9 Å². The first-order valence-electron chi connectivity index (χ1n) is 15.3. The molecule has 7 rings (SSSR count). The maximum Gasteiger partial charge on any atom is 0.305 e. The van der Waals surface area contributed by atoms with E-state index in [0.29, 0.717) is 49.1 Å². The number of carbonyl (C=O) groups is 2. The van der Waals surface area contributed by atoms with E-state index in [9.17, 15) is 14.4 Å². The van der Waals surface area contributed by atoms with E-state index in [1.54, 1.807) is 10.8 Å². The van der Waals surface area contributed by atoms with Crippen LogP contribution in [0, 0.1) is 11.7 Å². The van der Waals surface area contributed by atoms with E-state index in [1.165, 1.54) is 13.2 Å². The maximum atomic E-state index is 16.1. The number of hydrogen-bond acceptors (Lipinski definition) is 7. The van der Waals surface area contributed by atoms with Gasteiger partial charge in [0.2, 0.25) is 5.43 Å². The zero-order valence-electron chi connectivity index (χ0n) is 24.9. The summed E-state index contributed by atoms with van der Waals surface area (Å²) in [6.07, 6.45) is 5.52. The smallest absolute Gasteiger partial charge is 0.305 e. The minimum atomic E-state index is -0.610. The number of esters is 1. The van der Waals surface area contributed by atoms with Crippen molar-refractivity contribution in [2.75, 3.05) is 45.2 Å². The van der Waals surface area contributed by atoms with Crippen molar-refractivity contribution in [1.29, 1.82) is 0 Å². The van der Waals surface area contributed by atoms with Gasteiger partial charge in [0.05, 0.1) is 24.6 Å². The summed E-state index contributed by atoms with van der Waals surface area (Å²) in [6, 6.07) is 13.3. The highest BCUT2D eigenvalue weighted by atomic mass is 19.1. The molecule has 2 fully saturated rings. The summed E-state index contributed by atoms with van der Waals surface area (Å²) in [7, 11) is 3.45. The SMILES string of the molecule is COC(=O)C[C@H]1CCN(c2c(F)cc3c(=O)c(C(=O)NCCC4CCCN4C)cn4c3c2Oc2cc3ccccc3cc2-4)C1. The highest BCUT2D eigenvalue weighted by molar-refractivity contribution is 6.02. The normalized spacial score (nSPS) is 19.3. The van der Waals surface area contributed by atoms with E-state index in [-0.39, 0.29) is 40.7 Å². The van der Waals surface area contributed by atoms with Crippen molar-refractivity contribution in [1.82, 2.24) is 14.8 Å². The van der Waals surface area contributed by atoms with Gasteiger partial charge >= 0.3 is 5.97 Å². The molecule has 1 amide bonds. The van der Waals surface area contributed by atoms with Gasteiger partial charge in [-0.2, -0.15) is 0 Å². The van der Waals surface area contributed by atoms with Gasteiger partial charge in [-0.1, -0.05) is 24.3 Å². The number of fused-ring (bicyclic) bond motifs is 3. The van der Waals surface area contributed by atoms with E-state index in [4.69, 9.17) is 9.47 Å². The minimum absolute atomic E-state index is 0.00172. The van der Waals surface area contributed by atoms with Crippen molar-refractivity contribution >= 4 is 39.2 Å². The molecule has 9 nitrogen and oxygen atoms in total. The number of hydrogen-bond donors (Lipinski definition) is 1. The van der Waals surface area contributed by atoms with E-state index < -0.39 is 17.2 Å². The van der Waals surface area contributed by atoms with Crippen LogP contribution in [0.2, 0.25) is 0 Å². The zero-order chi connectivity index (χ0) is 30.5. The lowest BCUT2D eigenvalue weighted by molar-refractivity contribution is -0.141. The molecule has 0 saturated carbocycles. The van der Waals surface area contributed by atoms with Crippen molar-refractivity contribution in [3.8, 4) is 17.2 Å². The van der Waals surface area contributed by atoms with E-state index in [0.717, 1.165) is 36.6 Å². The number of methoxy groups -OCH3 is 1. The number of benzene rings is 3. The monoisotopic (exact) mass is 598 g/mol. The molecule has 44 heavy (non-hydrogen) atoms. The van der Waals surface area contributed by atoms with Gasteiger partial charge in [-0.05, 0) is 74.2 Å². The van der Waals surface area contributed by atoms with Gasteiger partial charge in [0.1, 0.15) is 16.8 Å². The number of carbonyl (C=O) groups excluding carboxylic acids is 2. The Hall–Kier alpha value is -4.44. The molecular weight excluding hydrogens is 563 g/mol. The molecule has 0 bridgehead atoms. The summed E-state index contributed by atoms with van der Waals surface area (Å²) in [4.78, 5) is 43.4. The first-order valence-corrected chi connectivity index (χ1v) is 15.3. The molecule has 10 heteroatoms. The summed E-state index contributed by atoms with van der Waals surface area (Å²) in [5.41, 5.74) is 0.724. The Balaban J connectivity index is 1.33. The molecule has 4 heterocycles. The van der Waals surface area contributed by atoms with Crippen LogP contribution in [-0.2, 0) is 9.53 Å². The van der Waals surface area contributed by atoms with E-state index in [2.05, 4.69) is 17.3 Å². The standard InChI is InChI=1S/C34H35FN4O5/c1-37-12-5-8-23(37)9-11-36-34(42)25-19-39-27-15-21-6-3-4-7-22(21)16-28(27)44-33-30(39)24(32(25)41)17-26(35)31(33)38-13-10-20(18-38)14-29(40)43-2/h3-4,6-7,15-17,19-20,23H,5,8-14,18H2,1-2H3,(H,36,42)/t20-,23?/m1/s1. The predicted octanol–water partition coefficient (Wildman–Crippen LogP) is 4.99. The molecular formula is C34H35FN4O5. The van der Waals surface area contributed by atoms with Crippen LogP contribution in [0.4, 0.5) is 10.1 Å². The Morgan fingerprint density at radius 2 is 1.91 bits per heavy atom. The van der Waals surface area contributed by atoms with Crippen molar-refractivity contribution in [2.24, 2.45) is 5.92 Å². The third kappa shape index (κ3) is 4.87. The second kappa shape index (κ2) is 11.2. The summed E-state index contributed by atoms with van der Waals surface area (Å²) < 4.78 is 29.2. The fraction of sp³-hybridized carbons (Fsp3) is 0.382. The molecule has 0 spiro atoms. The number of rotatable bonds is 7. The number of amides is 1. The van der Waals surface area contributed by atoms with Crippen LogP contribution in [0.5, 0.6) is 11.5 Å². The van der Waals surface area contributed by atoms with Gasteiger partial charge < -0.3 is 29.2 Å². The fourth-order valence-electron chi connectivity index (χ4n) is 7.06. The van der Waals surface area contributed by atoms with Gasteiger partial charge in [-0.3, -0.25) is 14.4 Å². The molecule has 1 unspecified atom stereocenters. The van der Waals surface area contributed by atoms with E-state index in [1.807, 2.05) is 41.3 Å². The van der Waals surface area contributed by atoms with Gasteiger partial charge in [-0.25, -0.2) is 4.39 Å². The van der Waals surface area contributed by atoms with Crippen molar-refractivity contribution in [3.05, 3.63) is 70.3 Å². The van der Waals surface area contributed by atoms with Crippen LogP contribution in [0.15, 0.2) is 53.5 Å². The molecule has 3 aliphatic rings. The summed E-state index contributed by atoms with van der Waals surface area (Å²) in [5.74, 6) is -0.665. The zero-order valence-corrected chi connectivity index (χ0v) is 24.9. The Bertz CT molecular complexity index is 1870. The summed E-state index contributed by atoms with van der Waals surface area (Å²) >= 11 is 0. The Morgan fingerprint density at radius 1 is 1.11 bits per heavy atom. The minimum Gasteiger partial charge on any atom is -0.469 e. The Kier molecular flexibility index (Phi) is 7.24. The molecule has 2 atom stereocenters. The number of nitrogens with zero attached hydrogens (tertiary/aromatic N) is 3. The lowest BCUT2D eigenvalue weighted by Crippen LogP contribution is -2.34. The molecule has 2 saturated heterocycles. The van der Waals surface area contributed by atoms with Crippen molar-refractivity contribution in [3.63, 3.8) is 0 Å². The van der Waals surface area contributed by atoms with Gasteiger partial charge in [0.15, 0.2) is 17.3 Å². The van der Waals surface area contributed by atoms with Gasteiger partial charge in [0.25, 0.3) is 5.91 Å². The number of anilines is 1. The largest absolute Gasteiger partial charge is 0.469 e. The third-order valence-electron chi connectivity index (χ3n) is 9.43. The van der Waals surface area contributed by atoms with Crippen LogP contribution < -0.4 is 20.4 Å². The fourth-order valence-corrected chi connectivity index (χ4v) is 7.06. The van der Waals surface area contributed by atoms with Gasteiger partial charge in [-0.15, -0.1) is 0 Å². The van der Waals surface area contributed by atoms with Crippen molar-refractivity contribution in [2.45, 2.75) is 38.1 Å². The molecule has 0 radical (unpaired) electrons. The third-order valence-corrected chi connectivity index (χ3v) is 9.43. The average Bonchev–Trinajstić information content (AvgIpc) is 3.65. The number of pyridine rings is 1. The molecule has 3 aliphatic heterocycles. The summed E-state index contributed by atoms with van der Waals surface area (Å²) in [5, 5.41) is 4.92. The number of likely N-dealkylation sites (tertiary alicyclic amines) is 1. The maximum absolute atomic E-state index is 16.1. The first-order chi connectivity index (χ1) is 21.3. The lowest BCUT2D eigenvalue weighted by Gasteiger charge is -2.29. The number of ether oxygens (including phenoxy) is 2. The average molecular weight is 599 g/mol. The molecule has 228 valence electrons. The molecule has 1 N–H and O–H groups in total. The molecule has 1 aromatic heterocycles. The Morgan fingerprint density at radius 3 is 2.66 bits per heavy atom. The molecule has 4 aromatic rings. The summed E-state index contributed by atoms with van der Waals surface area (Å²) in [6.45, 7) is 2.45. The van der Waals surface area contributed by atoms with Crippen LogP contribution in [0.3, 0.4) is 0 Å². The van der Waals surface area contributed by atoms with Crippen LogP contribution in [0.1, 0.15) is 42.5 Å². The van der Waals surface area contributed by atoms with E-state index >= 15 is 4.39 Å².